The van der Waals surface area contributed by atoms with Crippen LogP contribution in [-0.2, 0) is 19.1 Å². The first-order chi connectivity index (χ1) is 12.7. The maximum atomic E-state index is 12.3. The zero-order valence-electron chi connectivity index (χ0n) is 14.7. The highest BCUT2D eigenvalue weighted by atomic mass is 35.5. The molecule has 2 aliphatic heterocycles. The molecule has 2 atom stereocenters. The Morgan fingerprint density at radius 3 is 3.07 bits per heavy atom. The van der Waals surface area contributed by atoms with E-state index in [1.807, 2.05) is 24.4 Å². The Kier molecular flexibility index (Phi) is 5.62. The van der Waals surface area contributed by atoms with Gasteiger partial charge in [-0.15, -0.1) is 12.4 Å². The van der Waals surface area contributed by atoms with Crippen LogP contribution in [0.5, 0.6) is 0 Å². The van der Waals surface area contributed by atoms with Crippen LogP contribution in [0.2, 0.25) is 0 Å². The zero-order chi connectivity index (χ0) is 18.1. The van der Waals surface area contributed by atoms with Gasteiger partial charge in [0.15, 0.2) is 5.78 Å². The van der Waals surface area contributed by atoms with Gasteiger partial charge in [0.25, 0.3) is 0 Å². The lowest BCUT2D eigenvalue weighted by atomic mass is 9.89. The van der Waals surface area contributed by atoms with Gasteiger partial charge < -0.3 is 19.8 Å². The molecule has 1 saturated heterocycles. The number of hydrogen-bond acceptors (Lipinski definition) is 6. The molecule has 0 spiro atoms. The van der Waals surface area contributed by atoms with Crippen LogP contribution in [0.4, 0.5) is 0 Å². The number of H-pyrrole nitrogens is 1. The van der Waals surface area contributed by atoms with E-state index in [2.05, 4.69) is 15.3 Å². The van der Waals surface area contributed by atoms with Crippen molar-refractivity contribution >= 4 is 41.3 Å². The van der Waals surface area contributed by atoms with Gasteiger partial charge in [-0.2, -0.15) is 0 Å². The number of nitrogens with zero attached hydrogens (tertiary/aromatic N) is 1. The monoisotopic (exact) mass is 389 g/mol. The van der Waals surface area contributed by atoms with Gasteiger partial charge in [0.05, 0.1) is 24.1 Å². The number of fused-ring (bicyclic) bond motifs is 1. The second-order valence-electron chi connectivity index (χ2n) is 6.23. The van der Waals surface area contributed by atoms with Crippen LogP contribution in [0, 0.1) is 5.92 Å². The van der Waals surface area contributed by atoms with E-state index in [-0.39, 0.29) is 24.8 Å². The van der Waals surface area contributed by atoms with E-state index in [0.717, 1.165) is 16.6 Å². The summed E-state index contributed by atoms with van der Waals surface area (Å²) in [4.78, 5) is 32.0. The highest BCUT2D eigenvalue weighted by molar-refractivity contribution is 5.95. The van der Waals surface area contributed by atoms with Crippen LogP contribution in [0.25, 0.3) is 17.1 Å². The standard InChI is InChI=1S/C19H19N3O4.ClH/c1-2-25-19(24)13-10-26-15(16(13)17-14(23)5-7-20-17)8-11-9-22-18-12(11)4-3-6-21-18;/h3-4,6,8-10,16-17,20H,2,5,7H2,1H3,(H,21,22);1H/b15-8-;. The average molecular weight is 390 g/mol. The van der Waals surface area contributed by atoms with Crippen molar-refractivity contribution in [2.45, 2.75) is 19.4 Å². The van der Waals surface area contributed by atoms with Crippen molar-refractivity contribution in [3.63, 3.8) is 0 Å². The summed E-state index contributed by atoms with van der Waals surface area (Å²) in [6, 6.07) is 3.33. The molecule has 0 amide bonds. The number of carbonyl (C=O) groups is 2. The summed E-state index contributed by atoms with van der Waals surface area (Å²) < 4.78 is 10.8. The molecule has 0 aromatic carbocycles. The summed E-state index contributed by atoms with van der Waals surface area (Å²) in [5, 5.41) is 4.13. The molecule has 2 unspecified atom stereocenters. The maximum absolute atomic E-state index is 12.3. The molecule has 0 radical (unpaired) electrons. The SMILES string of the molecule is CCOC(=O)C1=CO/C(=C\c2c[nH]c3ncccc23)C1C1NCCC1=O.Cl. The number of rotatable bonds is 4. The quantitative estimate of drug-likeness (QED) is 0.780. The summed E-state index contributed by atoms with van der Waals surface area (Å²) in [6.07, 6.45) is 7.24. The summed E-state index contributed by atoms with van der Waals surface area (Å²) in [6.45, 7) is 2.61. The first kappa shape index (κ1) is 19.1. The predicted molar refractivity (Wildman–Crippen MR) is 102 cm³/mol. The fourth-order valence-corrected chi connectivity index (χ4v) is 3.46. The molecule has 0 bridgehead atoms. The Morgan fingerprint density at radius 1 is 1.48 bits per heavy atom. The summed E-state index contributed by atoms with van der Waals surface area (Å²) in [5.74, 6) is -0.332. The fourth-order valence-electron chi connectivity index (χ4n) is 3.46. The second kappa shape index (κ2) is 7.94. The molecule has 0 saturated carbocycles. The number of carbonyl (C=O) groups excluding carboxylic acids is 2. The minimum Gasteiger partial charge on any atom is -0.468 e. The number of aromatic amines is 1. The molecule has 2 aromatic rings. The maximum Gasteiger partial charge on any atom is 0.337 e. The number of aromatic nitrogens is 2. The largest absolute Gasteiger partial charge is 0.468 e. The van der Waals surface area contributed by atoms with Gasteiger partial charge in [-0.05, 0) is 25.1 Å². The predicted octanol–water partition coefficient (Wildman–Crippen LogP) is 2.35. The number of pyridine rings is 1. The van der Waals surface area contributed by atoms with Crippen LogP contribution in [-0.4, -0.2) is 40.9 Å². The molecule has 7 nitrogen and oxygen atoms in total. The van der Waals surface area contributed by atoms with E-state index in [1.54, 1.807) is 13.1 Å². The molecular formula is C19H20ClN3O4. The molecule has 2 aliphatic rings. The van der Waals surface area contributed by atoms with Crippen LogP contribution < -0.4 is 5.32 Å². The number of esters is 1. The molecule has 2 N–H and O–H groups in total. The molecule has 8 heteroatoms. The van der Waals surface area contributed by atoms with Crippen molar-refractivity contribution in [3.8, 4) is 0 Å². The van der Waals surface area contributed by atoms with E-state index in [1.165, 1.54) is 6.26 Å². The topological polar surface area (TPSA) is 93.3 Å². The molecule has 4 rings (SSSR count). The smallest absolute Gasteiger partial charge is 0.337 e. The van der Waals surface area contributed by atoms with Gasteiger partial charge in [0.1, 0.15) is 17.7 Å². The molecule has 2 aromatic heterocycles. The Morgan fingerprint density at radius 2 is 2.33 bits per heavy atom. The summed E-state index contributed by atoms with van der Waals surface area (Å²) in [7, 11) is 0. The van der Waals surface area contributed by atoms with Crippen LogP contribution in [0.1, 0.15) is 18.9 Å². The van der Waals surface area contributed by atoms with E-state index in [4.69, 9.17) is 9.47 Å². The zero-order valence-corrected chi connectivity index (χ0v) is 15.5. The molecule has 142 valence electrons. The van der Waals surface area contributed by atoms with Gasteiger partial charge >= 0.3 is 5.97 Å². The van der Waals surface area contributed by atoms with Gasteiger partial charge in [-0.1, -0.05) is 0 Å². The first-order valence-corrected chi connectivity index (χ1v) is 8.62. The van der Waals surface area contributed by atoms with Crippen LogP contribution >= 0.6 is 12.4 Å². The van der Waals surface area contributed by atoms with Crippen molar-refractivity contribution in [1.29, 1.82) is 0 Å². The van der Waals surface area contributed by atoms with Crippen LogP contribution in [0.3, 0.4) is 0 Å². The normalized spacial score (nSPS) is 23.2. The van der Waals surface area contributed by atoms with Crippen molar-refractivity contribution in [2.24, 2.45) is 5.92 Å². The lowest BCUT2D eigenvalue weighted by Gasteiger charge is -2.20. The van der Waals surface area contributed by atoms with Gasteiger partial charge in [0.2, 0.25) is 0 Å². The van der Waals surface area contributed by atoms with Crippen molar-refractivity contribution in [1.82, 2.24) is 15.3 Å². The van der Waals surface area contributed by atoms with E-state index in [0.29, 0.717) is 24.3 Å². The van der Waals surface area contributed by atoms with E-state index >= 15 is 0 Å². The van der Waals surface area contributed by atoms with E-state index in [9.17, 15) is 9.59 Å². The summed E-state index contributed by atoms with van der Waals surface area (Å²) >= 11 is 0. The lowest BCUT2D eigenvalue weighted by Crippen LogP contribution is -2.38. The number of Topliss-reactive ketones (excluding diaryl/α,β-unsaturated/α-hetero) is 1. The van der Waals surface area contributed by atoms with Gasteiger partial charge in [-0.25, -0.2) is 9.78 Å². The highest BCUT2D eigenvalue weighted by Gasteiger charge is 2.43. The van der Waals surface area contributed by atoms with Gasteiger partial charge in [0, 0.05) is 36.3 Å². The Labute approximate surface area is 162 Å². The molecule has 1 fully saturated rings. The third-order valence-electron chi connectivity index (χ3n) is 4.67. The van der Waals surface area contributed by atoms with Gasteiger partial charge in [-0.3, -0.25) is 4.79 Å². The molecule has 0 aliphatic carbocycles. The number of ether oxygens (including phenoxy) is 2. The number of ketones is 1. The molecule has 4 heterocycles. The third kappa shape index (κ3) is 3.48. The minimum atomic E-state index is -0.495. The highest BCUT2D eigenvalue weighted by Crippen LogP contribution is 2.36. The van der Waals surface area contributed by atoms with Crippen molar-refractivity contribution in [2.75, 3.05) is 13.2 Å². The number of hydrogen-bond donors (Lipinski definition) is 2. The molecule has 27 heavy (non-hydrogen) atoms. The van der Waals surface area contributed by atoms with Crippen molar-refractivity contribution in [3.05, 3.63) is 47.7 Å². The Bertz CT molecular complexity index is 934. The third-order valence-corrected chi connectivity index (χ3v) is 4.67. The fraction of sp³-hybridized carbons (Fsp3) is 0.316. The van der Waals surface area contributed by atoms with Crippen molar-refractivity contribution < 1.29 is 19.1 Å². The number of nitrogens with one attached hydrogen (secondary N) is 2. The summed E-state index contributed by atoms with van der Waals surface area (Å²) in [5.41, 5.74) is 2.02. The second-order valence-corrected chi connectivity index (χ2v) is 6.23. The Hall–Kier alpha value is -2.64. The van der Waals surface area contributed by atoms with Crippen LogP contribution in [0.15, 0.2) is 42.1 Å². The lowest BCUT2D eigenvalue weighted by molar-refractivity contribution is -0.139. The first-order valence-electron chi connectivity index (χ1n) is 8.62. The number of halogens is 1. The Balaban J connectivity index is 0.00000210. The average Bonchev–Trinajstić information content (AvgIpc) is 3.34. The van der Waals surface area contributed by atoms with E-state index < -0.39 is 17.9 Å². The minimum absolute atomic E-state index is 0. The molecular weight excluding hydrogens is 370 g/mol.